The Balaban J connectivity index is 1.42. The van der Waals surface area contributed by atoms with E-state index in [0.717, 1.165) is 25.0 Å². The molecule has 1 saturated carbocycles. The van der Waals surface area contributed by atoms with Crippen LogP contribution >= 0.6 is 0 Å². The zero-order chi connectivity index (χ0) is 17.2. The number of fused-ring (bicyclic) bond motifs is 1. The third-order valence-corrected chi connectivity index (χ3v) is 4.39. The van der Waals surface area contributed by atoms with Crippen molar-refractivity contribution in [3.63, 3.8) is 0 Å². The molecule has 2 N–H and O–H groups in total. The molecule has 1 aliphatic heterocycles. The van der Waals surface area contributed by atoms with Crippen LogP contribution in [0.4, 0.5) is 17.5 Å². The van der Waals surface area contributed by atoms with E-state index in [0.29, 0.717) is 25.0 Å². The molecule has 2 aromatic rings. The van der Waals surface area contributed by atoms with Crippen LogP contribution in [-0.2, 0) is 6.42 Å². The maximum Gasteiger partial charge on any atom is 0.329 e. The fourth-order valence-corrected chi connectivity index (χ4v) is 2.88. The zero-order valence-corrected chi connectivity index (χ0v) is 13.6. The standard InChI is InChI=1S/C17H19N5O3/c23-22(24)14-9-19-17(21-16(14)20-13-5-6-13)18-8-11-7-12-3-1-2-4-15(12)25-10-11/h1-4,9,11,13H,5-8,10H2,(H2,18,19,20,21). The van der Waals surface area contributed by atoms with Gasteiger partial charge in [-0.1, -0.05) is 18.2 Å². The maximum absolute atomic E-state index is 11.1. The van der Waals surface area contributed by atoms with Crippen molar-refractivity contribution in [3.05, 3.63) is 46.1 Å². The number of para-hydroxylation sites is 1. The number of aromatic nitrogens is 2. The van der Waals surface area contributed by atoms with E-state index < -0.39 is 4.92 Å². The van der Waals surface area contributed by atoms with Gasteiger partial charge in [0.25, 0.3) is 0 Å². The average Bonchev–Trinajstić information content (AvgIpc) is 3.43. The number of nitro groups is 1. The van der Waals surface area contributed by atoms with Crippen LogP contribution in [0, 0.1) is 16.0 Å². The predicted molar refractivity (Wildman–Crippen MR) is 93.0 cm³/mol. The van der Waals surface area contributed by atoms with E-state index >= 15 is 0 Å². The van der Waals surface area contributed by atoms with Crippen LogP contribution in [0.1, 0.15) is 18.4 Å². The van der Waals surface area contributed by atoms with E-state index in [1.807, 2.05) is 18.2 Å². The summed E-state index contributed by atoms with van der Waals surface area (Å²) in [4.78, 5) is 19.0. The number of hydrogen-bond donors (Lipinski definition) is 2. The summed E-state index contributed by atoms with van der Waals surface area (Å²) in [6.45, 7) is 1.28. The zero-order valence-electron chi connectivity index (χ0n) is 13.6. The van der Waals surface area contributed by atoms with Crippen LogP contribution in [0.25, 0.3) is 0 Å². The molecule has 1 aliphatic carbocycles. The van der Waals surface area contributed by atoms with Crippen LogP contribution < -0.4 is 15.4 Å². The maximum atomic E-state index is 11.1. The minimum atomic E-state index is -0.458. The molecule has 1 atom stereocenters. The molecular formula is C17H19N5O3. The van der Waals surface area contributed by atoms with Crippen LogP contribution in [-0.4, -0.2) is 34.1 Å². The minimum Gasteiger partial charge on any atom is -0.493 e. The van der Waals surface area contributed by atoms with E-state index in [-0.39, 0.29) is 17.5 Å². The van der Waals surface area contributed by atoms with Gasteiger partial charge in [0.1, 0.15) is 11.9 Å². The van der Waals surface area contributed by atoms with Crippen molar-refractivity contribution >= 4 is 17.5 Å². The number of benzene rings is 1. The molecular weight excluding hydrogens is 322 g/mol. The highest BCUT2D eigenvalue weighted by Gasteiger charge is 2.27. The molecule has 0 amide bonds. The summed E-state index contributed by atoms with van der Waals surface area (Å²) < 4.78 is 5.78. The normalized spacial score (nSPS) is 18.8. The Morgan fingerprint density at radius 3 is 2.96 bits per heavy atom. The number of ether oxygens (including phenoxy) is 1. The second kappa shape index (κ2) is 6.54. The van der Waals surface area contributed by atoms with E-state index in [4.69, 9.17) is 4.74 Å². The van der Waals surface area contributed by atoms with Gasteiger partial charge in [-0.05, 0) is 30.9 Å². The molecule has 0 spiro atoms. The largest absolute Gasteiger partial charge is 0.493 e. The molecule has 4 rings (SSSR count). The molecule has 8 nitrogen and oxygen atoms in total. The van der Waals surface area contributed by atoms with Crippen LogP contribution in [0.2, 0.25) is 0 Å². The van der Waals surface area contributed by atoms with Crippen molar-refractivity contribution in [2.75, 3.05) is 23.8 Å². The van der Waals surface area contributed by atoms with Crippen molar-refractivity contribution in [1.29, 1.82) is 0 Å². The van der Waals surface area contributed by atoms with Gasteiger partial charge < -0.3 is 15.4 Å². The Bertz CT molecular complexity index is 794. The number of hydrogen-bond acceptors (Lipinski definition) is 7. The van der Waals surface area contributed by atoms with Gasteiger partial charge in [-0.3, -0.25) is 10.1 Å². The van der Waals surface area contributed by atoms with Gasteiger partial charge in [-0.15, -0.1) is 0 Å². The molecule has 1 aromatic heterocycles. The highest BCUT2D eigenvalue weighted by atomic mass is 16.6. The molecule has 2 heterocycles. The van der Waals surface area contributed by atoms with Gasteiger partial charge in [0.15, 0.2) is 0 Å². The lowest BCUT2D eigenvalue weighted by Crippen LogP contribution is -2.27. The number of nitrogens with zero attached hydrogens (tertiary/aromatic N) is 3. The SMILES string of the molecule is O=[N+]([O-])c1cnc(NCC2COc3ccccc3C2)nc1NC1CC1. The van der Waals surface area contributed by atoms with Crippen LogP contribution in [0.15, 0.2) is 30.5 Å². The fraction of sp³-hybridized carbons (Fsp3) is 0.412. The quantitative estimate of drug-likeness (QED) is 0.615. The first-order chi connectivity index (χ1) is 12.2. The van der Waals surface area contributed by atoms with E-state index in [1.54, 1.807) is 0 Å². The summed E-state index contributed by atoms with van der Waals surface area (Å²) in [6, 6.07) is 8.31. The lowest BCUT2D eigenvalue weighted by Gasteiger charge is -2.25. The van der Waals surface area contributed by atoms with Crippen LogP contribution in [0.3, 0.4) is 0 Å². The third-order valence-electron chi connectivity index (χ3n) is 4.39. The third kappa shape index (κ3) is 3.62. The van der Waals surface area contributed by atoms with Gasteiger partial charge in [-0.25, -0.2) is 4.98 Å². The number of rotatable bonds is 6. The van der Waals surface area contributed by atoms with Gasteiger partial charge in [0.2, 0.25) is 11.8 Å². The molecule has 1 aromatic carbocycles. The fourth-order valence-electron chi connectivity index (χ4n) is 2.88. The highest BCUT2D eigenvalue weighted by Crippen LogP contribution is 2.30. The van der Waals surface area contributed by atoms with Gasteiger partial charge in [-0.2, -0.15) is 4.98 Å². The minimum absolute atomic E-state index is 0.0904. The van der Waals surface area contributed by atoms with Crippen LogP contribution in [0.5, 0.6) is 5.75 Å². The summed E-state index contributed by atoms with van der Waals surface area (Å²) in [7, 11) is 0. The van der Waals surface area contributed by atoms with E-state index in [1.165, 1.54) is 11.8 Å². The smallest absolute Gasteiger partial charge is 0.329 e. The second-order valence-corrected chi connectivity index (χ2v) is 6.47. The molecule has 2 aliphatic rings. The summed E-state index contributed by atoms with van der Waals surface area (Å²) in [5.41, 5.74) is 1.11. The van der Waals surface area contributed by atoms with Crippen molar-refractivity contribution < 1.29 is 9.66 Å². The van der Waals surface area contributed by atoms with Gasteiger partial charge in [0, 0.05) is 18.5 Å². The van der Waals surface area contributed by atoms with E-state index in [9.17, 15) is 10.1 Å². The lowest BCUT2D eigenvalue weighted by molar-refractivity contribution is -0.384. The molecule has 0 radical (unpaired) electrons. The highest BCUT2D eigenvalue weighted by molar-refractivity contribution is 5.58. The van der Waals surface area contributed by atoms with Gasteiger partial charge >= 0.3 is 5.69 Å². The molecule has 0 saturated heterocycles. The molecule has 8 heteroatoms. The Hall–Kier alpha value is -2.90. The lowest BCUT2D eigenvalue weighted by atomic mass is 9.97. The molecule has 25 heavy (non-hydrogen) atoms. The first-order valence-electron chi connectivity index (χ1n) is 8.41. The number of nitrogens with one attached hydrogen (secondary N) is 2. The molecule has 130 valence electrons. The molecule has 1 unspecified atom stereocenters. The average molecular weight is 341 g/mol. The Labute approximate surface area is 144 Å². The summed E-state index contributed by atoms with van der Waals surface area (Å²) in [6.07, 6.45) is 4.21. The Morgan fingerprint density at radius 2 is 2.16 bits per heavy atom. The van der Waals surface area contributed by atoms with Crippen molar-refractivity contribution in [1.82, 2.24) is 9.97 Å². The van der Waals surface area contributed by atoms with Crippen molar-refractivity contribution in [2.45, 2.75) is 25.3 Å². The first-order valence-corrected chi connectivity index (χ1v) is 8.41. The van der Waals surface area contributed by atoms with Crippen molar-refractivity contribution in [3.8, 4) is 5.75 Å². The Kier molecular flexibility index (Phi) is 4.09. The number of anilines is 2. The summed E-state index contributed by atoms with van der Waals surface area (Å²) in [5.74, 6) is 1.93. The second-order valence-electron chi connectivity index (χ2n) is 6.47. The topological polar surface area (TPSA) is 102 Å². The van der Waals surface area contributed by atoms with Crippen molar-refractivity contribution in [2.24, 2.45) is 5.92 Å². The first kappa shape index (κ1) is 15.6. The monoisotopic (exact) mass is 341 g/mol. The molecule has 0 bridgehead atoms. The molecule has 1 fully saturated rings. The predicted octanol–water partition coefficient (Wildman–Crippen LogP) is 2.62. The van der Waals surface area contributed by atoms with E-state index in [2.05, 4.69) is 26.7 Å². The Morgan fingerprint density at radius 1 is 1.32 bits per heavy atom. The summed E-state index contributed by atoms with van der Waals surface area (Å²) in [5, 5.41) is 17.4. The van der Waals surface area contributed by atoms with Gasteiger partial charge in [0.05, 0.1) is 11.5 Å². The summed E-state index contributed by atoms with van der Waals surface area (Å²) >= 11 is 0.